The normalized spacial score (nSPS) is 33.4. The summed E-state index contributed by atoms with van der Waals surface area (Å²) in [5.74, 6) is -0.669. The van der Waals surface area contributed by atoms with Gasteiger partial charge in [0.05, 0.1) is 12.7 Å². The second kappa shape index (κ2) is 10.2. The fourth-order valence-electron chi connectivity index (χ4n) is 3.31. The highest BCUT2D eigenvalue weighted by Crippen LogP contribution is 2.61. The molecule has 3 heterocycles. The van der Waals surface area contributed by atoms with Crippen LogP contribution in [0.15, 0.2) is 15.8 Å². The maximum Gasteiger partial charge on any atom is 0.483 e. The fraction of sp³-hybridized carbons (Fsp3) is 0.688. The van der Waals surface area contributed by atoms with E-state index in [1.807, 2.05) is 0 Å². The van der Waals surface area contributed by atoms with E-state index in [1.165, 1.54) is 20.0 Å². The van der Waals surface area contributed by atoms with Crippen molar-refractivity contribution in [1.29, 1.82) is 0 Å². The number of aliphatic hydroxyl groups is 2. The summed E-state index contributed by atoms with van der Waals surface area (Å²) in [7, 11) is -10.5. The monoisotopic (exact) mass is 530 g/mol. The number of carbonyl (C=O) groups excluding carboxylic acids is 1. The molecule has 8 atom stereocenters. The number of phosphoric acid groups is 2. The molecule has 16 nitrogen and oxygen atoms in total. The van der Waals surface area contributed by atoms with Crippen molar-refractivity contribution in [2.75, 3.05) is 6.61 Å². The molecular formula is C16H24N2O14P2. The molecule has 0 bridgehead atoms. The van der Waals surface area contributed by atoms with Gasteiger partial charge in [0.1, 0.15) is 24.5 Å². The van der Waals surface area contributed by atoms with Gasteiger partial charge in [-0.25, -0.2) is 13.9 Å². The summed E-state index contributed by atoms with van der Waals surface area (Å²) in [5, 5.41) is 19.8. The Balaban J connectivity index is 1.57. The number of nitrogens with one attached hydrogen (secondary N) is 1. The Morgan fingerprint density at radius 2 is 1.82 bits per heavy atom. The van der Waals surface area contributed by atoms with E-state index in [0.717, 1.165) is 4.57 Å². The second-order valence-electron chi connectivity index (χ2n) is 7.69. The molecule has 8 unspecified atom stereocenters. The third-order valence-electron chi connectivity index (χ3n) is 5.02. The Kier molecular flexibility index (Phi) is 8.12. The lowest BCUT2D eigenvalue weighted by Crippen LogP contribution is -2.43. The quantitative estimate of drug-likeness (QED) is 0.249. The number of aromatic nitrogens is 2. The van der Waals surface area contributed by atoms with Crippen LogP contribution in [-0.4, -0.2) is 72.6 Å². The van der Waals surface area contributed by atoms with E-state index < -0.39 is 82.6 Å². The van der Waals surface area contributed by atoms with Crippen molar-refractivity contribution in [2.45, 2.75) is 63.6 Å². The Morgan fingerprint density at radius 1 is 1.15 bits per heavy atom. The highest BCUT2D eigenvalue weighted by atomic mass is 31.3. The van der Waals surface area contributed by atoms with E-state index in [2.05, 4.69) is 18.3 Å². The van der Waals surface area contributed by atoms with Gasteiger partial charge in [0.2, 0.25) is 0 Å². The first-order valence-corrected chi connectivity index (χ1v) is 12.9. The van der Waals surface area contributed by atoms with Gasteiger partial charge in [-0.2, -0.15) is 4.31 Å². The number of hydrogen-bond donors (Lipinski definition) is 5. The van der Waals surface area contributed by atoms with E-state index in [4.69, 9.17) is 9.47 Å². The number of aryl methyl sites for hydroxylation is 1. The molecule has 192 valence electrons. The molecule has 3 rings (SSSR count). The van der Waals surface area contributed by atoms with Crippen LogP contribution in [0, 0.1) is 6.92 Å². The number of H-pyrrole nitrogens is 1. The highest BCUT2D eigenvalue weighted by Gasteiger charge is 2.43. The molecule has 0 aliphatic carbocycles. The topological polar surface area (TPSA) is 233 Å². The van der Waals surface area contributed by atoms with Crippen molar-refractivity contribution in [2.24, 2.45) is 0 Å². The molecule has 0 spiro atoms. The van der Waals surface area contributed by atoms with Crippen LogP contribution in [0.5, 0.6) is 0 Å². The van der Waals surface area contributed by atoms with Crippen LogP contribution in [0.1, 0.15) is 31.6 Å². The number of Topliss-reactive ketones (excluding diaryl/α,β-unsaturated/α-hetero) is 1. The predicted octanol–water partition coefficient (Wildman–Crippen LogP) is -1.19. The molecule has 2 aliphatic heterocycles. The van der Waals surface area contributed by atoms with Gasteiger partial charge >= 0.3 is 21.3 Å². The third-order valence-corrected chi connectivity index (χ3v) is 7.65. The van der Waals surface area contributed by atoms with Crippen LogP contribution in [-0.2, 0) is 36.8 Å². The molecule has 1 aromatic rings. The molecule has 1 aromatic heterocycles. The number of rotatable bonds is 8. The van der Waals surface area contributed by atoms with Crippen molar-refractivity contribution < 1.29 is 56.8 Å². The van der Waals surface area contributed by atoms with Crippen LogP contribution in [0.4, 0.5) is 0 Å². The minimum absolute atomic E-state index is 0.129. The molecule has 0 amide bonds. The number of ether oxygens (including phenoxy) is 2. The standard InChI is InChI=1S/C16H24N2O14P2/c1-7-5-18(16(23)17-15(7)22)12-3-9(19)11(30-12)6-28-33(24,25)32-34(26,27)31-13-4-10(20)14(21)8(2)29-13/h5,8-13,19-20H,3-4,6H2,1-2H3,(H,24,25)(H,26,27)(H,17,22,23). The maximum atomic E-state index is 12.1. The van der Waals surface area contributed by atoms with E-state index >= 15 is 0 Å². The lowest BCUT2D eigenvalue weighted by atomic mass is 10.1. The van der Waals surface area contributed by atoms with Gasteiger partial charge < -0.3 is 29.5 Å². The molecular weight excluding hydrogens is 506 g/mol. The highest BCUT2D eigenvalue weighted by molar-refractivity contribution is 7.61. The fourth-order valence-corrected chi connectivity index (χ4v) is 5.47. The van der Waals surface area contributed by atoms with Crippen molar-refractivity contribution in [3.05, 3.63) is 32.6 Å². The Labute approximate surface area is 191 Å². The number of aromatic amines is 1. The summed E-state index contributed by atoms with van der Waals surface area (Å²) < 4.78 is 49.1. The Morgan fingerprint density at radius 3 is 2.47 bits per heavy atom. The molecule has 5 N–H and O–H groups in total. The number of ketones is 1. The summed E-state index contributed by atoms with van der Waals surface area (Å²) in [6, 6.07) is 0. The molecule has 34 heavy (non-hydrogen) atoms. The summed E-state index contributed by atoms with van der Waals surface area (Å²) in [6.45, 7) is 1.94. The molecule has 2 saturated heterocycles. The van der Waals surface area contributed by atoms with Gasteiger partial charge in [0.15, 0.2) is 12.1 Å². The van der Waals surface area contributed by atoms with Gasteiger partial charge in [0, 0.05) is 24.6 Å². The zero-order valence-electron chi connectivity index (χ0n) is 17.9. The van der Waals surface area contributed by atoms with Crippen LogP contribution >= 0.6 is 15.6 Å². The van der Waals surface area contributed by atoms with Crippen LogP contribution in [0.25, 0.3) is 0 Å². The van der Waals surface area contributed by atoms with Crippen molar-refractivity contribution >= 4 is 21.4 Å². The third kappa shape index (κ3) is 6.56. The number of nitrogens with zero attached hydrogens (tertiary/aromatic N) is 1. The number of carbonyl (C=O) groups is 1. The van der Waals surface area contributed by atoms with Crippen LogP contribution < -0.4 is 11.2 Å². The van der Waals surface area contributed by atoms with Crippen LogP contribution in [0.2, 0.25) is 0 Å². The van der Waals surface area contributed by atoms with E-state index in [1.54, 1.807) is 0 Å². The second-order valence-corrected chi connectivity index (χ2v) is 10.7. The molecule has 18 heteroatoms. The van der Waals surface area contributed by atoms with E-state index in [9.17, 15) is 43.5 Å². The first-order valence-electron chi connectivity index (χ1n) is 9.90. The first kappa shape index (κ1) is 27.0. The van der Waals surface area contributed by atoms with Gasteiger partial charge in [-0.15, -0.1) is 0 Å². The van der Waals surface area contributed by atoms with Gasteiger partial charge in [-0.05, 0) is 13.8 Å². The number of phosphoric ester groups is 2. The van der Waals surface area contributed by atoms with Crippen molar-refractivity contribution in [1.82, 2.24) is 9.55 Å². The summed E-state index contributed by atoms with van der Waals surface area (Å²) in [5.41, 5.74) is -1.18. The SMILES string of the molecule is Cc1cn(C2CC(O)C(COP(=O)(O)OP(=O)(O)OC3CC(O)C(=O)C(C)O3)O2)c(=O)[nH]c1=O. The average molecular weight is 530 g/mol. The van der Waals surface area contributed by atoms with Crippen molar-refractivity contribution in [3.8, 4) is 0 Å². The molecule has 2 fully saturated rings. The van der Waals surface area contributed by atoms with Crippen molar-refractivity contribution in [3.63, 3.8) is 0 Å². The minimum atomic E-state index is -5.28. The summed E-state index contributed by atoms with van der Waals surface area (Å²) in [4.78, 5) is 56.6. The van der Waals surface area contributed by atoms with E-state index in [-0.39, 0.29) is 12.0 Å². The molecule has 2 aliphatic rings. The number of hydrogen-bond acceptors (Lipinski definition) is 12. The Bertz CT molecular complexity index is 1120. The predicted molar refractivity (Wildman–Crippen MR) is 108 cm³/mol. The lowest BCUT2D eigenvalue weighted by molar-refractivity contribution is -0.185. The Hall–Kier alpha value is -1.55. The van der Waals surface area contributed by atoms with E-state index in [0.29, 0.717) is 0 Å². The molecule has 0 saturated carbocycles. The molecule has 0 radical (unpaired) electrons. The number of aliphatic hydroxyl groups excluding tert-OH is 2. The lowest BCUT2D eigenvalue weighted by Gasteiger charge is -2.30. The average Bonchev–Trinajstić information content (AvgIpc) is 3.06. The van der Waals surface area contributed by atoms with Gasteiger partial charge in [-0.3, -0.25) is 28.2 Å². The zero-order chi connectivity index (χ0) is 25.4. The van der Waals surface area contributed by atoms with Crippen LogP contribution in [0.3, 0.4) is 0 Å². The summed E-state index contributed by atoms with van der Waals surface area (Å²) >= 11 is 0. The summed E-state index contributed by atoms with van der Waals surface area (Å²) in [6.07, 6.45) is -7.22. The van der Waals surface area contributed by atoms with Gasteiger partial charge in [-0.1, -0.05) is 0 Å². The first-order chi connectivity index (χ1) is 15.7. The maximum absolute atomic E-state index is 12.1. The zero-order valence-corrected chi connectivity index (χ0v) is 19.7. The largest absolute Gasteiger partial charge is 0.483 e. The minimum Gasteiger partial charge on any atom is -0.390 e. The smallest absolute Gasteiger partial charge is 0.390 e. The van der Waals surface area contributed by atoms with Gasteiger partial charge in [0.25, 0.3) is 5.56 Å². The molecule has 0 aromatic carbocycles.